The third-order valence-corrected chi connectivity index (χ3v) is 3.15. The SMILES string of the molecule is CCNCC(C)Sc1ccc(C)cc1. The predicted octanol–water partition coefficient (Wildman–Crippen LogP) is 3.09. The second kappa shape index (κ2) is 6.10. The molecular formula is C12H19NS. The highest BCUT2D eigenvalue weighted by Crippen LogP contribution is 2.22. The Morgan fingerprint density at radius 2 is 1.93 bits per heavy atom. The topological polar surface area (TPSA) is 12.0 Å². The molecule has 0 aliphatic carbocycles. The van der Waals surface area contributed by atoms with Crippen molar-refractivity contribution in [1.29, 1.82) is 0 Å². The van der Waals surface area contributed by atoms with E-state index in [9.17, 15) is 0 Å². The van der Waals surface area contributed by atoms with E-state index in [0.29, 0.717) is 5.25 Å². The summed E-state index contributed by atoms with van der Waals surface area (Å²) in [5.41, 5.74) is 1.33. The first kappa shape index (κ1) is 11.6. The van der Waals surface area contributed by atoms with Crippen molar-refractivity contribution < 1.29 is 0 Å². The molecule has 0 radical (unpaired) electrons. The van der Waals surface area contributed by atoms with E-state index in [-0.39, 0.29) is 0 Å². The Morgan fingerprint density at radius 1 is 1.29 bits per heavy atom. The van der Waals surface area contributed by atoms with Crippen LogP contribution in [0.15, 0.2) is 29.2 Å². The molecule has 1 aromatic carbocycles. The van der Waals surface area contributed by atoms with E-state index < -0.39 is 0 Å². The molecule has 0 saturated heterocycles. The van der Waals surface area contributed by atoms with Crippen LogP contribution in [0.3, 0.4) is 0 Å². The van der Waals surface area contributed by atoms with Gasteiger partial charge in [0.05, 0.1) is 0 Å². The fraction of sp³-hybridized carbons (Fsp3) is 0.500. The van der Waals surface area contributed by atoms with Crippen LogP contribution in [-0.4, -0.2) is 18.3 Å². The number of benzene rings is 1. The quantitative estimate of drug-likeness (QED) is 0.748. The molecule has 0 saturated carbocycles. The molecule has 14 heavy (non-hydrogen) atoms. The van der Waals surface area contributed by atoms with Crippen molar-refractivity contribution in [3.05, 3.63) is 29.8 Å². The standard InChI is InChI=1S/C12H19NS/c1-4-13-9-11(3)14-12-7-5-10(2)6-8-12/h5-8,11,13H,4,9H2,1-3H3. The average Bonchev–Trinajstić information content (AvgIpc) is 2.18. The average molecular weight is 209 g/mol. The van der Waals surface area contributed by atoms with Gasteiger partial charge in [-0.2, -0.15) is 0 Å². The lowest BCUT2D eigenvalue weighted by atomic mass is 10.2. The first-order valence-electron chi connectivity index (χ1n) is 5.16. The van der Waals surface area contributed by atoms with E-state index in [2.05, 4.69) is 50.4 Å². The zero-order valence-corrected chi connectivity index (χ0v) is 10.0. The second-order valence-electron chi connectivity index (χ2n) is 3.55. The van der Waals surface area contributed by atoms with Crippen molar-refractivity contribution in [2.24, 2.45) is 0 Å². The highest BCUT2D eigenvalue weighted by Gasteiger charge is 2.02. The minimum atomic E-state index is 0.637. The van der Waals surface area contributed by atoms with Crippen molar-refractivity contribution >= 4 is 11.8 Å². The van der Waals surface area contributed by atoms with Gasteiger partial charge in [-0.25, -0.2) is 0 Å². The summed E-state index contributed by atoms with van der Waals surface area (Å²) in [7, 11) is 0. The predicted molar refractivity (Wildman–Crippen MR) is 65.0 cm³/mol. The Bertz CT molecular complexity index is 256. The lowest BCUT2D eigenvalue weighted by molar-refractivity contribution is 0.713. The molecule has 1 atom stereocenters. The fourth-order valence-electron chi connectivity index (χ4n) is 1.24. The van der Waals surface area contributed by atoms with E-state index in [0.717, 1.165) is 13.1 Å². The first-order chi connectivity index (χ1) is 6.72. The van der Waals surface area contributed by atoms with Gasteiger partial charge < -0.3 is 5.32 Å². The van der Waals surface area contributed by atoms with Gasteiger partial charge in [0.2, 0.25) is 0 Å². The summed E-state index contributed by atoms with van der Waals surface area (Å²) >= 11 is 1.93. The van der Waals surface area contributed by atoms with Crippen LogP contribution in [0, 0.1) is 6.92 Å². The van der Waals surface area contributed by atoms with Crippen LogP contribution in [0.25, 0.3) is 0 Å². The third-order valence-electron chi connectivity index (χ3n) is 2.04. The van der Waals surface area contributed by atoms with Gasteiger partial charge in [-0.3, -0.25) is 0 Å². The van der Waals surface area contributed by atoms with Crippen molar-refractivity contribution in [3.8, 4) is 0 Å². The molecule has 0 amide bonds. The van der Waals surface area contributed by atoms with E-state index in [1.165, 1.54) is 10.5 Å². The maximum atomic E-state index is 3.36. The minimum absolute atomic E-state index is 0.637. The van der Waals surface area contributed by atoms with Crippen molar-refractivity contribution in [3.63, 3.8) is 0 Å². The third kappa shape index (κ3) is 4.16. The number of thioether (sulfide) groups is 1. The number of aryl methyl sites for hydroxylation is 1. The molecule has 78 valence electrons. The fourth-order valence-corrected chi connectivity index (χ4v) is 2.20. The van der Waals surface area contributed by atoms with Crippen LogP contribution in [0.4, 0.5) is 0 Å². The van der Waals surface area contributed by atoms with E-state index >= 15 is 0 Å². The Morgan fingerprint density at radius 3 is 2.50 bits per heavy atom. The smallest absolute Gasteiger partial charge is 0.0191 e. The molecule has 0 aromatic heterocycles. The monoisotopic (exact) mass is 209 g/mol. The summed E-state index contributed by atoms with van der Waals surface area (Å²) in [4.78, 5) is 1.36. The highest BCUT2D eigenvalue weighted by molar-refractivity contribution is 8.00. The Balaban J connectivity index is 2.39. The molecule has 0 bridgehead atoms. The van der Waals surface area contributed by atoms with Gasteiger partial charge in [0.1, 0.15) is 0 Å². The first-order valence-corrected chi connectivity index (χ1v) is 6.04. The van der Waals surface area contributed by atoms with Crippen LogP contribution < -0.4 is 5.32 Å². The minimum Gasteiger partial charge on any atom is -0.316 e. The van der Waals surface area contributed by atoms with Crippen molar-refractivity contribution in [2.75, 3.05) is 13.1 Å². The van der Waals surface area contributed by atoms with Gasteiger partial charge in [0.15, 0.2) is 0 Å². The lowest BCUT2D eigenvalue weighted by Gasteiger charge is -2.11. The van der Waals surface area contributed by atoms with Gasteiger partial charge in [0.25, 0.3) is 0 Å². The van der Waals surface area contributed by atoms with Crippen molar-refractivity contribution in [2.45, 2.75) is 30.9 Å². The molecule has 0 heterocycles. The summed E-state index contributed by atoms with van der Waals surface area (Å²) in [5, 5.41) is 4.00. The molecule has 1 aromatic rings. The van der Waals surface area contributed by atoms with Crippen LogP contribution >= 0.6 is 11.8 Å². The lowest BCUT2D eigenvalue weighted by Crippen LogP contribution is -2.21. The molecule has 1 N–H and O–H groups in total. The van der Waals surface area contributed by atoms with Crippen molar-refractivity contribution in [1.82, 2.24) is 5.32 Å². The second-order valence-corrected chi connectivity index (χ2v) is 5.06. The van der Waals surface area contributed by atoms with Gasteiger partial charge in [-0.15, -0.1) is 11.8 Å². The molecule has 0 aliphatic rings. The summed E-state index contributed by atoms with van der Waals surface area (Å²) in [6.07, 6.45) is 0. The zero-order valence-electron chi connectivity index (χ0n) is 9.21. The van der Waals surface area contributed by atoms with Crippen LogP contribution in [-0.2, 0) is 0 Å². The molecule has 0 spiro atoms. The maximum Gasteiger partial charge on any atom is 0.0191 e. The molecule has 0 aliphatic heterocycles. The van der Waals surface area contributed by atoms with Gasteiger partial charge in [-0.05, 0) is 25.6 Å². The molecular weight excluding hydrogens is 190 g/mol. The van der Waals surface area contributed by atoms with Crippen LogP contribution in [0.1, 0.15) is 19.4 Å². The van der Waals surface area contributed by atoms with Crippen LogP contribution in [0.5, 0.6) is 0 Å². The maximum absolute atomic E-state index is 3.36. The largest absolute Gasteiger partial charge is 0.316 e. The van der Waals surface area contributed by atoms with Gasteiger partial charge >= 0.3 is 0 Å². The Labute approximate surface area is 91.3 Å². The normalized spacial score (nSPS) is 12.8. The molecule has 2 heteroatoms. The molecule has 1 unspecified atom stereocenters. The summed E-state index contributed by atoms with van der Waals surface area (Å²) in [6.45, 7) is 8.65. The summed E-state index contributed by atoms with van der Waals surface area (Å²) in [5.74, 6) is 0. The molecule has 1 nitrogen and oxygen atoms in total. The van der Waals surface area contributed by atoms with Crippen LogP contribution in [0.2, 0.25) is 0 Å². The highest BCUT2D eigenvalue weighted by atomic mass is 32.2. The zero-order chi connectivity index (χ0) is 10.4. The summed E-state index contributed by atoms with van der Waals surface area (Å²) in [6, 6.07) is 8.73. The van der Waals surface area contributed by atoms with E-state index in [1.807, 2.05) is 11.8 Å². The van der Waals surface area contributed by atoms with Gasteiger partial charge in [0, 0.05) is 16.7 Å². The van der Waals surface area contributed by atoms with E-state index in [1.54, 1.807) is 0 Å². The molecule has 1 rings (SSSR count). The number of nitrogens with one attached hydrogen (secondary N) is 1. The number of hydrogen-bond acceptors (Lipinski definition) is 2. The summed E-state index contributed by atoms with van der Waals surface area (Å²) < 4.78 is 0. The van der Waals surface area contributed by atoms with Gasteiger partial charge in [-0.1, -0.05) is 31.5 Å². The Hall–Kier alpha value is -0.470. The Kier molecular flexibility index (Phi) is 5.05. The molecule has 0 fully saturated rings. The number of hydrogen-bond donors (Lipinski definition) is 1. The number of rotatable bonds is 5. The van der Waals surface area contributed by atoms with E-state index in [4.69, 9.17) is 0 Å².